The first-order valence-corrected chi connectivity index (χ1v) is 13.7. The third-order valence-electron chi connectivity index (χ3n) is 6.02. The standard InChI is InChI=1S/C23H22ClN5O5S2/c1-27(2)19(30)12-16-13-28(36(32,33)20-10-14-5-6-15(24)11-18(14)35-20)8-9-29(16)23(31)22-26-21-17(34-22)4-3-7-25-21/h3-7,10-11,16H,8-9,12-13H2,1-2H3. The highest BCUT2D eigenvalue weighted by atomic mass is 35.5. The van der Waals surface area contributed by atoms with Crippen LogP contribution in [0.3, 0.4) is 0 Å². The monoisotopic (exact) mass is 547 g/mol. The fraction of sp³-hybridized carbons (Fsp3) is 0.304. The Bertz CT molecular complexity index is 1550. The lowest BCUT2D eigenvalue weighted by molar-refractivity contribution is -0.130. The van der Waals surface area contributed by atoms with Crippen LogP contribution in [0.5, 0.6) is 0 Å². The number of carbonyl (C=O) groups excluding carboxylic acids is 2. The van der Waals surface area contributed by atoms with Gasteiger partial charge in [0.1, 0.15) is 4.21 Å². The van der Waals surface area contributed by atoms with Gasteiger partial charge in [-0.2, -0.15) is 9.29 Å². The van der Waals surface area contributed by atoms with Gasteiger partial charge in [-0.05, 0) is 35.7 Å². The molecule has 1 saturated heterocycles. The van der Waals surface area contributed by atoms with Crippen molar-refractivity contribution in [2.75, 3.05) is 33.7 Å². The lowest BCUT2D eigenvalue weighted by Gasteiger charge is -2.40. The topological polar surface area (TPSA) is 117 Å². The summed E-state index contributed by atoms with van der Waals surface area (Å²) in [6.45, 7) is 0.0989. The van der Waals surface area contributed by atoms with E-state index < -0.39 is 22.0 Å². The molecule has 36 heavy (non-hydrogen) atoms. The number of carbonyl (C=O) groups is 2. The Morgan fingerprint density at radius 2 is 2.03 bits per heavy atom. The summed E-state index contributed by atoms with van der Waals surface area (Å²) in [7, 11) is -0.640. The van der Waals surface area contributed by atoms with Gasteiger partial charge in [-0.15, -0.1) is 11.3 Å². The van der Waals surface area contributed by atoms with Gasteiger partial charge in [-0.25, -0.2) is 13.4 Å². The summed E-state index contributed by atoms with van der Waals surface area (Å²) in [6.07, 6.45) is 1.49. The van der Waals surface area contributed by atoms with Crippen LogP contribution in [-0.2, 0) is 14.8 Å². The SMILES string of the molecule is CN(C)C(=O)CC1CN(S(=O)(=O)c2cc3ccc(Cl)cc3s2)CCN1C(=O)c1nc2ncccc2o1. The van der Waals surface area contributed by atoms with Crippen LogP contribution in [0.2, 0.25) is 5.02 Å². The molecule has 2 amide bonds. The van der Waals surface area contributed by atoms with Crippen molar-refractivity contribution < 1.29 is 22.4 Å². The zero-order valence-corrected chi connectivity index (χ0v) is 21.8. The summed E-state index contributed by atoms with van der Waals surface area (Å²) in [5, 5.41) is 1.30. The molecule has 0 bridgehead atoms. The van der Waals surface area contributed by atoms with E-state index in [-0.39, 0.29) is 42.1 Å². The van der Waals surface area contributed by atoms with Crippen LogP contribution in [-0.4, -0.2) is 84.1 Å². The molecular weight excluding hydrogens is 526 g/mol. The van der Waals surface area contributed by atoms with Crippen LogP contribution in [0.4, 0.5) is 0 Å². The van der Waals surface area contributed by atoms with Gasteiger partial charge in [-0.1, -0.05) is 17.7 Å². The molecule has 13 heteroatoms. The molecule has 1 unspecified atom stereocenters. The quantitative estimate of drug-likeness (QED) is 0.377. The largest absolute Gasteiger partial charge is 0.431 e. The molecule has 1 fully saturated rings. The van der Waals surface area contributed by atoms with Gasteiger partial charge >= 0.3 is 5.91 Å². The van der Waals surface area contributed by atoms with E-state index in [1.807, 2.05) is 0 Å². The van der Waals surface area contributed by atoms with E-state index in [4.69, 9.17) is 16.0 Å². The molecule has 4 heterocycles. The maximum Gasteiger partial charge on any atom is 0.310 e. The number of piperazine rings is 1. The van der Waals surface area contributed by atoms with Gasteiger partial charge in [0.2, 0.25) is 5.91 Å². The van der Waals surface area contributed by atoms with Crippen molar-refractivity contribution in [3.63, 3.8) is 0 Å². The highest BCUT2D eigenvalue weighted by Gasteiger charge is 2.39. The minimum atomic E-state index is -3.86. The minimum absolute atomic E-state index is 0.0405. The molecule has 1 atom stereocenters. The fourth-order valence-electron chi connectivity index (χ4n) is 4.09. The number of sulfonamides is 1. The second kappa shape index (κ2) is 9.43. The maximum absolute atomic E-state index is 13.5. The highest BCUT2D eigenvalue weighted by Crippen LogP contribution is 2.34. The number of amides is 2. The lowest BCUT2D eigenvalue weighted by Crippen LogP contribution is -2.57. The fourth-order valence-corrected chi connectivity index (χ4v) is 7.39. The van der Waals surface area contributed by atoms with E-state index in [0.717, 1.165) is 21.4 Å². The number of pyridine rings is 1. The number of nitrogens with zero attached hydrogens (tertiary/aromatic N) is 5. The molecule has 0 N–H and O–H groups in total. The number of fused-ring (bicyclic) bond motifs is 2. The average Bonchev–Trinajstić information content (AvgIpc) is 3.48. The van der Waals surface area contributed by atoms with E-state index in [2.05, 4.69) is 9.97 Å². The third-order valence-corrected chi connectivity index (χ3v) is 9.66. The van der Waals surface area contributed by atoms with Gasteiger partial charge in [0.05, 0.1) is 6.04 Å². The van der Waals surface area contributed by atoms with E-state index in [1.165, 1.54) is 14.1 Å². The number of aromatic nitrogens is 2. The molecule has 0 saturated carbocycles. The van der Waals surface area contributed by atoms with E-state index >= 15 is 0 Å². The second-order valence-electron chi connectivity index (χ2n) is 8.60. The Hall–Kier alpha value is -3.06. The van der Waals surface area contributed by atoms with Gasteiger partial charge in [0.15, 0.2) is 11.2 Å². The van der Waals surface area contributed by atoms with Crippen LogP contribution in [0.25, 0.3) is 21.3 Å². The van der Waals surface area contributed by atoms with Crippen LogP contribution >= 0.6 is 22.9 Å². The number of oxazole rings is 1. The molecule has 3 aromatic heterocycles. The summed E-state index contributed by atoms with van der Waals surface area (Å²) in [5.74, 6) is -0.894. The summed E-state index contributed by atoms with van der Waals surface area (Å²) in [5.41, 5.74) is 0.667. The summed E-state index contributed by atoms with van der Waals surface area (Å²) < 4.78 is 34.9. The van der Waals surface area contributed by atoms with Crippen molar-refractivity contribution >= 4 is 66.1 Å². The predicted octanol–water partition coefficient (Wildman–Crippen LogP) is 3.08. The van der Waals surface area contributed by atoms with E-state index in [1.54, 1.807) is 56.7 Å². The van der Waals surface area contributed by atoms with E-state index in [9.17, 15) is 18.0 Å². The van der Waals surface area contributed by atoms with Crippen LogP contribution in [0.15, 0.2) is 51.2 Å². The Kier molecular flexibility index (Phi) is 6.45. The molecule has 1 aromatic carbocycles. The number of hydrogen-bond donors (Lipinski definition) is 0. The average molecular weight is 548 g/mol. The van der Waals surface area contributed by atoms with Gasteiger partial charge in [0, 0.05) is 56.1 Å². The Morgan fingerprint density at radius 1 is 1.22 bits per heavy atom. The molecule has 188 valence electrons. The first kappa shape index (κ1) is 24.6. The number of halogens is 1. The Labute approximate surface area is 216 Å². The second-order valence-corrected chi connectivity index (χ2v) is 12.3. The van der Waals surface area contributed by atoms with Crippen LogP contribution < -0.4 is 0 Å². The van der Waals surface area contributed by atoms with E-state index in [0.29, 0.717) is 16.3 Å². The normalized spacial score (nSPS) is 17.1. The molecule has 1 aliphatic heterocycles. The third kappa shape index (κ3) is 4.57. The molecular formula is C23H22ClN5O5S2. The molecule has 5 rings (SSSR count). The number of rotatable bonds is 5. The maximum atomic E-state index is 13.5. The van der Waals surface area contributed by atoms with Gasteiger partial charge in [0.25, 0.3) is 15.9 Å². The van der Waals surface area contributed by atoms with Gasteiger partial charge in [-0.3, -0.25) is 9.59 Å². The van der Waals surface area contributed by atoms with Crippen molar-refractivity contribution in [2.24, 2.45) is 0 Å². The first-order valence-electron chi connectivity index (χ1n) is 11.1. The summed E-state index contributed by atoms with van der Waals surface area (Å²) >= 11 is 7.20. The highest BCUT2D eigenvalue weighted by molar-refractivity contribution is 7.91. The molecule has 4 aromatic rings. The van der Waals surface area contributed by atoms with Crippen molar-refractivity contribution in [2.45, 2.75) is 16.7 Å². The van der Waals surface area contributed by atoms with Crippen molar-refractivity contribution in [3.8, 4) is 0 Å². The molecule has 0 aliphatic carbocycles. The van der Waals surface area contributed by atoms with Crippen molar-refractivity contribution in [1.82, 2.24) is 24.1 Å². The van der Waals surface area contributed by atoms with Gasteiger partial charge < -0.3 is 14.2 Å². The molecule has 0 radical (unpaired) electrons. The van der Waals surface area contributed by atoms with Crippen LogP contribution in [0.1, 0.15) is 17.1 Å². The first-order chi connectivity index (χ1) is 17.1. The molecule has 10 nitrogen and oxygen atoms in total. The zero-order chi connectivity index (χ0) is 25.6. The smallest absolute Gasteiger partial charge is 0.310 e. The number of benzene rings is 1. The molecule has 1 aliphatic rings. The summed E-state index contributed by atoms with van der Waals surface area (Å²) in [4.78, 5) is 37.1. The number of thiophene rings is 1. The zero-order valence-electron chi connectivity index (χ0n) is 19.4. The van der Waals surface area contributed by atoms with Crippen LogP contribution in [0, 0.1) is 0 Å². The minimum Gasteiger partial charge on any atom is -0.431 e. The Balaban J connectivity index is 1.44. The Morgan fingerprint density at radius 3 is 2.78 bits per heavy atom. The van der Waals surface area contributed by atoms with Crippen molar-refractivity contribution in [3.05, 3.63) is 53.5 Å². The lowest BCUT2D eigenvalue weighted by atomic mass is 10.1. The van der Waals surface area contributed by atoms with Crippen molar-refractivity contribution in [1.29, 1.82) is 0 Å². The molecule has 0 spiro atoms. The predicted molar refractivity (Wildman–Crippen MR) is 136 cm³/mol. The number of hydrogen-bond acceptors (Lipinski definition) is 8. The summed E-state index contributed by atoms with van der Waals surface area (Å²) in [6, 6.07) is 9.45.